The van der Waals surface area contributed by atoms with E-state index >= 15 is 0 Å². The van der Waals surface area contributed by atoms with Crippen LogP contribution in [0.3, 0.4) is 0 Å². The Morgan fingerprint density at radius 2 is 1.17 bits per heavy atom. The highest BCUT2D eigenvalue weighted by Gasteiger charge is 2.41. The zero-order valence-corrected chi connectivity index (χ0v) is 16.8. The molecule has 0 radical (unpaired) electrons. The zero-order chi connectivity index (χ0) is 17.4. The highest BCUT2D eigenvalue weighted by Crippen LogP contribution is 2.34. The summed E-state index contributed by atoms with van der Waals surface area (Å²) in [5.41, 5.74) is 0. The van der Waals surface area contributed by atoms with Gasteiger partial charge in [0.2, 0.25) is 0 Å². The molecule has 0 aromatic carbocycles. The molecule has 0 heterocycles. The molecular formula is C19H40O3S. The summed E-state index contributed by atoms with van der Waals surface area (Å²) in [6.07, 6.45) is 11.0. The smallest absolute Gasteiger partial charge is 0.285 e. The van der Waals surface area contributed by atoms with Gasteiger partial charge in [0.05, 0.1) is 0 Å². The summed E-state index contributed by atoms with van der Waals surface area (Å²) in [5, 5.41) is 0. The van der Waals surface area contributed by atoms with Gasteiger partial charge in [0, 0.05) is 25.7 Å². The molecule has 0 aromatic heterocycles. The van der Waals surface area contributed by atoms with Crippen LogP contribution in [-0.4, -0.2) is 31.5 Å². The third-order valence-electron chi connectivity index (χ3n) is 4.15. The Balaban J connectivity index is 4.68. The lowest BCUT2D eigenvalue weighted by molar-refractivity contribution is -0.403. The average Bonchev–Trinajstić information content (AvgIpc) is 2.54. The first-order valence-electron chi connectivity index (χ1n) is 9.73. The fraction of sp³-hybridized carbons (Fsp3) is 1.00. The maximum absolute atomic E-state index is 6.00. The van der Waals surface area contributed by atoms with E-state index in [1.54, 1.807) is 0 Å². The molecule has 0 spiro atoms. The molecule has 0 amide bonds. The second-order valence-electron chi connectivity index (χ2n) is 6.02. The number of unbranched alkanes of at least 4 members (excludes halogenated alkanes) is 5. The minimum absolute atomic E-state index is 0.278. The van der Waals surface area contributed by atoms with Crippen LogP contribution in [-0.2, 0) is 14.2 Å². The van der Waals surface area contributed by atoms with Gasteiger partial charge in [0.25, 0.3) is 5.97 Å². The van der Waals surface area contributed by atoms with E-state index in [2.05, 4.69) is 19.6 Å². The van der Waals surface area contributed by atoms with Crippen LogP contribution in [0.2, 0.25) is 0 Å². The molecule has 1 unspecified atom stereocenters. The predicted molar refractivity (Wildman–Crippen MR) is 102 cm³/mol. The van der Waals surface area contributed by atoms with Crippen LogP contribution >= 0.6 is 12.6 Å². The lowest BCUT2D eigenvalue weighted by Gasteiger charge is -2.39. The van der Waals surface area contributed by atoms with Crippen molar-refractivity contribution in [3.05, 3.63) is 0 Å². The molecule has 0 N–H and O–H groups in total. The van der Waals surface area contributed by atoms with E-state index < -0.39 is 5.97 Å². The van der Waals surface area contributed by atoms with Gasteiger partial charge in [-0.25, -0.2) is 0 Å². The van der Waals surface area contributed by atoms with Gasteiger partial charge in [-0.3, -0.25) is 0 Å². The number of ether oxygens (including phenoxy) is 3. The van der Waals surface area contributed by atoms with E-state index in [-0.39, 0.29) is 5.92 Å². The van der Waals surface area contributed by atoms with E-state index in [9.17, 15) is 0 Å². The van der Waals surface area contributed by atoms with Gasteiger partial charge in [-0.1, -0.05) is 45.4 Å². The molecular weight excluding hydrogens is 308 g/mol. The second-order valence-corrected chi connectivity index (χ2v) is 6.47. The van der Waals surface area contributed by atoms with Crippen molar-refractivity contribution in [3.63, 3.8) is 0 Å². The molecule has 0 aliphatic rings. The summed E-state index contributed by atoms with van der Waals surface area (Å²) in [6, 6.07) is 0. The van der Waals surface area contributed by atoms with Gasteiger partial charge in [-0.2, -0.15) is 12.6 Å². The molecule has 4 heteroatoms. The Bertz CT molecular complexity index is 232. The first kappa shape index (κ1) is 23.2. The SMILES string of the molecule is CCCCCCCCC(CCCS)C(OCC)(OCC)OCC. The van der Waals surface area contributed by atoms with Crippen LogP contribution < -0.4 is 0 Å². The van der Waals surface area contributed by atoms with Crippen molar-refractivity contribution in [2.24, 2.45) is 5.92 Å². The van der Waals surface area contributed by atoms with Crippen molar-refractivity contribution < 1.29 is 14.2 Å². The lowest BCUT2D eigenvalue weighted by atomic mass is 9.93. The Morgan fingerprint density at radius 1 is 0.696 bits per heavy atom. The molecule has 1 atom stereocenters. The van der Waals surface area contributed by atoms with E-state index in [1.165, 1.54) is 38.5 Å². The number of thiol groups is 1. The second kappa shape index (κ2) is 15.7. The summed E-state index contributed by atoms with van der Waals surface area (Å²) in [4.78, 5) is 0. The quantitative estimate of drug-likeness (QED) is 0.204. The Morgan fingerprint density at radius 3 is 1.65 bits per heavy atom. The third-order valence-corrected chi connectivity index (χ3v) is 4.47. The number of hydrogen-bond donors (Lipinski definition) is 1. The average molecular weight is 349 g/mol. The molecule has 0 aromatic rings. The topological polar surface area (TPSA) is 27.7 Å². The van der Waals surface area contributed by atoms with Crippen molar-refractivity contribution >= 4 is 12.6 Å². The van der Waals surface area contributed by atoms with Crippen LogP contribution in [0.4, 0.5) is 0 Å². The zero-order valence-electron chi connectivity index (χ0n) is 15.9. The molecule has 0 saturated carbocycles. The van der Waals surface area contributed by atoms with Gasteiger partial charge >= 0.3 is 0 Å². The van der Waals surface area contributed by atoms with Crippen LogP contribution in [0.15, 0.2) is 0 Å². The summed E-state index contributed by atoms with van der Waals surface area (Å²) in [6.45, 7) is 10.1. The first-order chi connectivity index (χ1) is 11.2. The summed E-state index contributed by atoms with van der Waals surface area (Å²) >= 11 is 4.37. The third kappa shape index (κ3) is 9.96. The van der Waals surface area contributed by atoms with Gasteiger partial charge in [-0.15, -0.1) is 0 Å². The molecule has 140 valence electrons. The molecule has 23 heavy (non-hydrogen) atoms. The largest absolute Gasteiger partial charge is 0.328 e. The Hall–Kier alpha value is 0.230. The first-order valence-corrected chi connectivity index (χ1v) is 10.4. The van der Waals surface area contributed by atoms with Crippen LogP contribution in [0.5, 0.6) is 0 Å². The fourth-order valence-electron chi connectivity index (χ4n) is 3.09. The predicted octanol–water partition coefficient (Wildman–Crippen LogP) is 5.83. The van der Waals surface area contributed by atoms with Gasteiger partial charge < -0.3 is 14.2 Å². The van der Waals surface area contributed by atoms with Crippen LogP contribution in [0.1, 0.15) is 85.5 Å². The molecule has 0 aliphatic heterocycles. The molecule has 0 aliphatic carbocycles. The van der Waals surface area contributed by atoms with E-state index in [4.69, 9.17) is 14.2 Å². The Labute approximate surface area is 150 Å². The highest BCUT2D eigenvalue weighted by atomic mass is 32.1. The van der Waals surface area contributed by atoms with Crippen molar-refractivity contribution in [1.82, 2.24) is 0 Å². The molecule has 0 bridgehead atoms. The molecule has 0 saturated heterocycles. The van der Waals surface area contributed by atoms with Crippen molar-refractivity contribution in [2.75, 3.05) is 25.6 Å². The van der Waals surface area contributed by atoms with Gasteiger partial charge in [0.1, 0.15) is 0 Å². The lowest BCUT2D eigenvalue weighted by Crippen LogP contribution is -2.46. The van der Waals surface area contributed by atoms with Crippen molar-refractivity contribution in [3.8, 4) is 0 Å². The summed E-state index contributed by atoms with van der Waals surface area (Å²) in [7, 11) is 0. The molecule has 0 rings (SSSR count). The highest BCUT2D eigenvalue weighted by molar-refractivity contribution is 7.80. The summed E-state index contributed by atoms with van der Waals surface area (Å²) < 4.78 is 18.0. The molecule has 0 fully saturated rings. The summed E-state index contributed by atoms with van der Waals surface area (Å²) in [5.74, 6) is 0.304. The van der Waals surface area contributed by atoms with Crippen molar-refractivity contribution in [2.45, 2.75) is 91.5 Å². The normalized spacial score (nSPS) is 13.4. The minimum atomic E-state index is -0.870. The van der Waals surface area contributed by atoms with E-state index in [0.29, 0.717) is 19.8 Å². The number of hydrogen-bond acceptors (Lipinski definition) is 4. The fourth-order valence-corrected chi connectivity index (χ4v) is 3.27. The van der Waals surface area contributed by atoms with Gasteiger partial charge in [-0.05, 0) is 45.8 Å². The van der Waals surface area contributed by atoms with Crippen molar-refractivity contribution in [1.29, 1.82) is 0 Å². The number of rotatable bonds is 17. The van der Waals surface area contributed by atoms with Crippen LogP contribution in [0, 0.1) is 5.92 Å². The van der Waals surface area contributed by atoms with Gasteiger partial charge in [0.15, 0.2) is 0 Å². The Kier molecular flexibility index (Phi) is 15.9. The maximum atomic E-state index is 6.00. The van der Waals surface area contributed by atoms with E-state index in [0.717, 1.165) is 25.0 Å². The molecule has 3 nitrogen and oxygen atoms in total. The van der Waals surface area contributed by atoms with Crippen LogP contribution in [0.25, 0.3) is 0 Å². The maximum Gasteiger partial charge on any atom is 0.285 e. The van der Waals surface area contributed by atoms with E-state index in [1.807, 2.05) is 20.8 Å². The monoisotopic (exact) mass is 348 g/mol. The standard InChI is InChI=1S/C19H40O3S/c1-5-9-10-11-12-13-15-18(16-14-17-23)19(20-6-2,21-7-3)22-8-4/h18,23H,5-17H2,1-4H3. The minimum Gasteiger partial charge on any atom is -0.328 e.